The van der Waals surface area contributed by atoms with Gasteiger partial charge in [0.25, 0.3) is 0 Å². The van der Waals surface area contributed by atoms with Crippen LogP contribution < -0.4 is 5.73 Å². The zero-order chi connectivity index (χ0) is 9.56. The smallest absolute Gasteiger partial charge is 0.317 e. The van der Waals surface area contributed by atoms with Crippen LogP contribution in [-0.2, 0) is 9.59 Å². The summed E-state index contributed by atoms with van der Waals surface area (Å²) in [5, 5.41) is 8.43. The Morgan fingerprint density at radius 1 is 1.42 bits per heavy atom. The van der Waals surface area contributed by atoms with E-state index in [9.17, 15) is 9.59 Å². The Balaban J connectivity index is 3.85. The fourth-order valence-electron chi connectivity index (χ4n) is 0.942. The van der Waals surface area contributed by atoms with Crippen molar-refractivity contribution in [2.24, 2.45) is 5.73 Å². The molecule has 5 nitrogen and oxygen atoms in total. The highest BCUT2D eigenvalue weighted by molar-refractivity contribution is 5.77. The van der Waals surface area contributed by atoms with Crippen LogP contribution in [0.5, 0.6) is 0 Å². The molecule has 1 amide bonds. The van der Waals surface area contributed by atoms with E-state index in [2.05, 4.69) is 0 Å². The normalized spacial score (nSPS) is 10.2. The third-order valence-corrected chi connectivity index (χ3v) is 1.28. The number of amides is 1. The zero-order valence-corrected chi connectivity index (χ0v) is 7.12. The minimum absolute atomic E-state index is 0.0140. The predicted octanol–water partition coefficient (Wildman–Crippen LogP) is -0.732. The van der Waals surface area contributed by atoms with Crippen LogP contribution in [0.15, 0.2) is 0 Å². The van der Waals surface area contributed by atoms with Gasteiger partial charge in [-0.05, 0) is 13.0 Å². The molecule has 0 aliphatic heterocycles. The highest BCUT2D eigenvalue weighted by Crippen LogP contribution is 1.89. The molecule has 0 aliphatic rings. The largest absolute Gasteiger partial charge is 0.480 e. The number of aliphatic carboxylic acids is 1. The lowest BCUT2D eigenvalue weighted by molar-refractivity contribution is -0.138. The van der Waals surface area contributed by atoms with Crippen LogP contribution in [0.1, 0.15) is 13.3 Å². The van der Waals surface area contributed by atoms with Crippen LogP contribution in [0, 0.1) is 0 Å². The molecule has 0 atom stereocenters. The van der Waals surface area contributed by atoms with Crippen molar-refractivity contribution in [2.75, 3.05) is 19.6 Å². The highest BCUT2D eigenvalue weighted by atomic mass is 16.4. The first-order valence-electron chi connectivity index (χ1n) is 3.78. The molecule has 70 valence electrons. The minimum atomic E-state index is -0.940. The number of rotatable bonds is 6. The molecule has 12 heavy (non-hydrogen) atoms. The number of hydrogen-bond acceptors (Lipinski definition) is 3. The van der Waals surface area contributed by atoms with Crippen LogP contribution >= 0.6 is 0 Å². The van der Waals surface area contributed by atoms with Gasteiger partial charge in [0.05, 0.1) is 13.1 Å². The van der Waals surface area contributed by atoms with Crippen molar-refractivity contribution in [1.29, 1.82) is 0 Å². The summed E-state index contributed by atoms with van der Waals surface area (Å²) in [5.41, 5.74) is 4.93. The molecule has 0 aromatic heterocycles. The minimum Gasteiger partial charge on any atom is -0.480 e. The molecule has 0 aromatic rings. The average Bonchev–Trinajstić information content (AvgIpc) is 1.84. The topological polar surface area (TPSA) is 83.6 Å². The average molecular weight is 174 g/mol. The molecular weight excluding hydrogens is 160 g/mol. The maximum atomic E-state index is 10.5. The van der Waals surface area contributed by atoms with Crippen molar-refractivity contribution in [3.63, 3.8) is 0 Å². The van der Waals surface area contributed by atoms with E-state index in [-0.39, 0.29) is 13.1 Å². The third-order valence-electron chi connectivity index (χ3n) is 1.28. The van der Waals surface area contributed by atoms with Crippen molar-refractivity contribution in [3.8, 4) is 0 Å². The number of carbonyl (C=O) groups is 2. The van der Waals surface area contributed by atoms with E-state index in [0.29, 0.717) is 6.54 Å². The van der Waals surface area contributed by atoms with Crippen molar-refractivity contribution in [3.05, 3.63) is 0 Å². The van der Waals surface area contributed by atoms with Gasteiger partial charge in [0, 0.05) is 0 Å². The van der Waals surface area contributed by atoms with Gasteiger partial charge in [0.1, 0.15) is 0 Å². The van der Waals surface area contributed by atoms with E-state index in [1.54, 1.807) is 0 Å². The fourth-order valence-corrected chi connectivity index (χ4v) is 0.942. The van der Waals surface area contributed by atoms with Gasteiger partial charge in [-0.1, -0.05) is 6.92 Å². The SMILES string of the molecule is CCCN(CC(N)=O)CC(=O)O. The summed E-state index contributed by atoms with van der Waals surface area (Å²) in [7, 11) is 0. The monoisotopic (exact) mass is 174 g/mol. The lowest BCUT2D eigenvalue weighted by Gasteiger charge is -2.16. The number of nitrogens with two attached hydrogens (primary N) is 1. The number of carbonyl (C=O) groups excluding carboxylic acids is 1. The number of primary amides is 1. The Kier molecular flexibility index (Phi) is 5.03. The Hall–Kier alpha value is -1.10. The summed E-state index contributed by atoms with van der Waals surface area (Å²) in [6.07, 6.45) is 0.806. The Morgan fingerprint density at radius 3 is 2.33 bits per heavy atom. The molecule has 0 spiro atoms. The second kappa shape index (κ2) is 5.54. The fraction of sp³-hybridized carbons (Fsp3) is 0.714. The third kappa shape index (κ3) is 5.67. The summed E-state index contributed by atoms with van der Waals surface area (Å²) in [5.74, 6) is -1.44. The van der Waals surface area contributed by atoms with E-state index in [1.807, 2.05) is 6.92 Å². The quantitative estimate of drug-likeness (QED) is 0.556. The highest BCUT2D eigenvalue weighted by Gasteiger charge is 2.10. The van der Waals surface area contributed by atoms with Crippen molar-refractivity contribution in [2.45, 2.75) is 13.3 Å². The summed E-state index contributed by atoms with van der Waals surface area (Å²) in [4.78, 5) is 22.2. The second-order valence-corrected chi connectivity index (χ2v) is 2.57. The van der Waals surface area contributed by atoms with Gasteiger partial charge in [-0.3, -0.25) is 14.5 Å². The molecule has 0 rings (SSSR count). The number of nitrogens with zero attached hydrogens (tertiary/aromatic N) is 1. The molecule has 0 bridgehead atoms. The molecule has 0 saturated carbocycles. The summed E-state index contributed by atoms with van der Waals surface area (Å²) >= 11 is 0. The number of carboxylic acid groups (broad SMARTS) is 1. The van der Waals surface area contributed by atoms with Gasteiger partial charge in [-0.15, -0.1) is 0 Å². The first-order valence-corrected chi connectivity index (χ1v) is 3.78. The molecule has 0 unspecified atom stereocenters. The Labute approximate surface area is 71.1 Å². The van der Waals surface area contributed by atoms with Gasteiger partial charge in [-0.25, -0.2) is 0 Å². The first-order chi connectivity index (χ1) is 5.56. The van der Waals surface area contributed by atoms with E-state index in [1.165, 1.54) is 4.90 Å². The molecular formula is C7H14N2O3. The lowest BCUT2D eigenvalue weighted by atomic mass is 10.4. The second-order valence-electron chi connectivity index (χ2n) is 2.57. The van der Waals surface area contributed by atoms with E-state index < -0.39 is 11.9 Å². The number of carboxylic acids is 1. The Bertz CT molecular complexity index is 154. The molecule has 0 aliphatic carbocycles. The van der Waals surface area contributed by atoms with E-state index in [0.717, 1.165) is 6.42 Å². The van der Waals surface area contributed by atoms with Crippen LogP contribution in [-0.4, -0.2) is 41.5 Å². The van der Waals surface area contributed by atoms with Crippen molar-refractivity contribution < 1.29 is 14.7 Å². The molecule has 0 saturated heterocycles. The van der Waals surface area contributed by atoms with E-state index >= 15 is 0 Å². The number of hydrogen-bond donors (Lipinski definition) is 2. The van der Waals surface area contributed by atoms with Crippen molar-refractivity contribution >= 4 is 11.9 Å². The lowest BCUT2D eigenvalue weighted by Crippen LogP contribution is -2.37. The van der Waals surface area contributed by atoms with Crippen LogP contribution in [0.4, 0.5) is 0 Å². The summed E-state index contributed by atoms with van der Waals surface area (Å²) in [6.45, 7) is 2.38. The van der Waals surface area contributed by atoms with E-state index in [4.69, 9.17) is 10.8 Å². The maximum absolute atomic E-state index is 10.5. The standard InChI is InChI=1S/C7H14N2O3/c1-2-3-9(4-6(8)10)5-7(11)12/h2-5H2,1H3,(H2,8,10)(H,11,12). The van der Waals surface area contributed by atoms with Gasteiger partial charge in [0.15, 0.2) is 0 Å². The van der Waals surface area contributed by atoms with Crippen molar-refractivity contribution in [1.82, 2.24) is 4.90 Å². The molecule has 0 heterocycles. The summed E-state index contributed by atoms with van der Waals surface area (Å²) in [6, 6.07) is 0. The Morgan fingerprint density at radius 2 is 2.00 bits per heavy atom. The van der Waals surface area contributed by atoms with Gasteiger partial charge >= 0.3 is 5.97 Å². The zero-order valence-electron chi connectivity index (χ0n) is 7.12. The molecule has 0 aromatic carbocycles. The maximum Gasteiger partial charge on any atom is 0.317 e. The van der Waals surface area contributed by atoms with Crippen LogP contribution in [0.25, 0.3) is 0 Å². The molecule has 0 radical (unpaired) electrons. The summed E-state index contributed by atoms with van der Waals surface area (Å²) < 4.78 is 0. The van der Waals surface area contributed by atoms with Gasteiger partial charge in [-0.2, -0.15) is 0 Å². The van der Waals surface area contributed by atoms with Crippen LogP contribution in [0.3, 0.4) is 0 Å². The molecule has 0 fully saturated rings. The first kappa shape index (κ1) is 10.9. The molecule has 5 heteroatoms. The molecule has 3 N–H and O–H groups in total. The van der Waals surface area contributed by atoms with Gasteiger partial charge < -0.3 is 10.8 Å². The van der Waals surface area contributed by atoms with Gasteiger partial charge in [0.2, 0.25) is 5.91 Å². The van der Waals surface area contributed by atoms with Crippen LogP contribution in [0.2, 0.25) is 0 Å². The predicted molar refractivity (Wildman–Crippen MR) is 43.6 cm³/mol.